The molecule has 2 heterocycles. The SMILES string of the molecule is OC[C@@H]1O[C@@H](c2c(O)cc(O)c3c2O[C@H](c2ccc(O)c(O)c2)[C@H](O)C3)[C@@H](O)[C@H](O)[C@H]1O. The van der Waals surface area contributed by atoms with Crippen molar-refractivity contribution < 1.29 is 55.4 Å². The number of aromatic hydroxyl groups is 4. The van der Waals surface area contributed by atoms with Crippen molar-refractivity contribution in [2.75, 3.05) is 6.61 Å². The van der Waals surface area contributed by atoms with Gasteiger partial charge in [-0.15, -0.1) is 0 Å². The van der Waals surface area contributed by atoms with Crippen molar-refractivity contribution >= 4 is 0 Å². The summed E-state index contributed by atoms with van der Waals surface area (Å²) in [5.74, 6) is -1.89. The number of ether oxygens (including phenoxy) is 2. The molecule has 11 nitrogen and oxygen atoms in total. The number of phenols is 4. The van der Waals surface area contributed by atoms with Gasteiger partial charge >= 0.3 is 0 Å². The van der Waals surface area contributed by atoms with Gasteiger partial charge in [-0.05, 0) is 17.7 Å². The minimum Gasteiger partial charge on any atom is -0.507 e. The zero-order valence-corrected chi connectivity index (χ0v) is 16.6. The van der Waals surface area contributed by atoms with Crippen molar-refractivity contribution in [3.05, 3.63) is 41.0 Å². The molecule has 4 rings (SSSR count). The van der Waals surface area contributed by atoms with Gasteiger partial charge in [-0.3, -0.25) is 0 Å². The molecular weight excluding hydrogens is 428 g/mol. The van der Waals surface area contributed by atoms with Gasteiger partial charge in [0.05, 0.1) is 18.3 Å². The summed E-state index contributed by atoms with van der Waals surface area (Å²) >= 11 is 0. The summed E-state index contributed by atoms with van der Waals surface area (Å²) in [7, 11) is 0. The van der Waals surface area contributed by atoms with Crippen molar-refractivity contribution in [3.8, 4) is 28.7 Å². The predicted octanol–water partition coefficient (Wildman–Crippen LogP) is -0.939. The zero-order chi connectivity index (χ0) is 23.3. The Kier molecular flexibility index (Phi) is 5.79. The standard InChI is InChI=1S/C21H24O11/c22-6-14-16(28)17(29)18(30)21(31-14)15-12(26)5-10(24)8-4-13(27)19(32-20(8)15)7-1-2-9(23)11(25)3-7/h1-3,5,13-14,16-19,21-30H,4,6H2/t13-,14+,16+,17-,18+,19-,21+/m1/s1. The van der Waals surface area contributed by atoms with Crippen LogP contribution in [0.1, 0.15) is 28.9 Å². The molecule has 32 heavy (non-hydrogen) atoms. The smallest absolute Gasteiger partial charge is 0.157 e. The molecule has 0 radical (unpaired) electrons. The Balaban J connectivity index is 1.80. The quantitative estimate of drug-likeness (QED) is 0.260. The van der Waals surface area contributed by atoms with Crippen LogP contribution in [0, 0.1) is 0 Å². The summed E-state index contributed by atoms with van der Waals surface area (Å²) in [4.78, 5) is 0. The molecule has 0 spiro atoms. The number of aliphatic hydroxyl groups is 5. The van der Waals surface area contributed by atoms with E-state index in [9.17, 15) is 46.0 Å². The van der Waals surface area contributed by atoms with Gasteiger partial charge in [0.15, 0.2) is 11.5 Å². The van der Waals surface area contributed by atoms with Crippen LogP contribution in [0.5, 0.6) is 28.7 Å². The zero-order valence-electron chi connectivity index (χ0n) is 16.6. The van der Waals surface area contributed by atoms with E-state index in [4.69, 9.17) is 9.47 Å². The van der Waals surface area contributed by atoms with Crippen LogP contribution < -0.4 is 4.74 Å². The summed E-state index contributed by atoms with van der Waals surface area (Å²) in [6.07, 6.45) is -10.2. The number of hydrogen-bond donors (Lipinski definition) is 9. The topological polar surface area (TPSA) is 201 Å². The number of fused-ring (bicyclic) bond motifs is 1. The van der Waals surface area contributed by atoms with Gasteiger partial charge < -0.3 is 55.4 Å². The summed E-state index contributed by atoms with van der Waals surface area (Å²) < 4.78 is 11.4. The van der Waals surface area contributed by atoms with Crippen molar-refractivity contribution in [3.63, 3.8) is 0 Å². The molecule has 1 saturated heterocycles. The molecule has 2 aromatic rings. The Bertz CT molecular complexity index is 1010. The van der Waals surface area contributed by atoms with E-state index < -0.39 is 66.6 Å². The first-order valence-electron chi connectivity index (χ1n) is 9.88. The fourth-order valence-electron chi connectivity index (χ4n) is 4.17. The molecule has 2 aromatic carbocycles. The van der Waals surface area contributed by atoms with Gasteiger partial charge in [0.25, 0.3) is 0 Å². The van der Waals surface area contributed by atoms with Crippen LogP contribution in [0.25, 0.3) is 0 Å². The van der Waals surface area contributed by atoms with E-state index in [0.29, 0.717) is 0 Å². The number of aliphatic hydroxyl groups excluding tert-OH is 5. The van der Waals surface area contributed by atoms with Gasteiger partial charge in [0.2, 0.25) is 0 Å². The van der Waals surface area contributed by atoms with E-state index in [1.54, 1.807) is 0 Å². The third-order valence-electron chi connectivity index (χ3n) is 5.89. The fourth-order valence-corrected chi connectivity index (χ4v) is 4.17. The largest absolute Gasteiger partial charge is 0.507 e. The average molecular weight is 452 g/mol. The summed E-state index contributed by atoms with van der Waals surface area (Å²) in [5, 5.41) is 91.0. The Morgan fingerprint density at radius 1 is 0.781 bits per heavy atom. The summed E-state index contributed by atoms with van der Waals surface area (Å²) in [6.45, 7) is -0.683. The lowest BCUT2D eigenvalue weighted by atomic mass is 9.86. The van der Waals surface area contributed by atoms with E-state index in [1.807, 2.05) is 0 Å². The van der Waals surface area contributed by atoms with Gasteiger partial charge in [-0.25, -0.2) is 0 Å². The van der Waals surface area contributed by atoms with Gasteiger partial charge in [0, 0.05) is 18.1 Å². The molecule has 0 aromatic heterocycles. The van der Waals surface area contributed by atoms with Crippen molar-refractivity contribution in [1.29, 1.82) is 0 Å². The molecule has 2 aliphatic rings. The predicted molar refractivity (Wildman–Crippen MR) is 105 cm³/mol. The number of hydrogen-bond acceptors (Lipinski definition) is 11. The minimum absolute atomic E-state index is 0.0986. The van der Waals surface area contributed by atoms with Crippen molar-refractivity contribution in [2.24, 2.45) is 0 Å². The number of phenolic OH excluding ortho intramolecular Hbond substituents is 4. The molecule has 0 amide bonds. The van der Waals surface area contributed by atoms with Crippen molar-refractivity contribution in [1.82, 2.24) is 0 Å². The Morgan fingerprint density at radius 3 is 2.16 bits per heavy atom. The van der Waals surface area contributed by atoms with Crippen LogP contribution >= 0.6 is 0 Å². The second kappa shape index (κ2) is 8.28. The van der Waals surface area contributed by atoms with E-state index in [2.05, 4.69) is 0 Å². The molecule has 0 unspecified atom stereocenters. The molecule has 2 aliphatic heterocycles. The lowest BCUT2D eigenvalue weighted by molar-refractivity contribution is -0.232. The van der Waals surface area contributed by atoms with E-state index in [-0.39, 0.29) is 34.6 Å². The minimum atomic E-state index is -1.72. The maximum absolute atomic E-state index is 10.6. The Labute approximate surface area is 181 Å². The number of benzene rings is 2. The molecular formula is C21H24O11. The molecule has 11 heteroatoms. The Hall–Kier alpha value is -2.80. The highest BCUT2D eigenvalue weighted by molar-refractivity contribution is 5.59. The van der Waals surface area contributed by atoms with Gasteiger partial charge in [-0.1, -0.05) is 6.07 Å². The summed E-state index contributed by atoms with van der Waals surface area (Å²) in [5.41, 5.74) is 0.220. The molecule has 0 saturated carbocycles. The lowest BCUT2D eigenvalue weighted by Gasteiger charge is -2.42. The summed E-state index contributed by atoms with van der Waals surface area (Å²) in [6, 6.07) is 4.77. The van der Waals surface area contributed by atoms with Gasteiger partial charge in [0.1, 0.15) is 53.9 Å². The van der Waals surface area contributed by atoms with Crippen LogP contribution in [-0.2, 0) is 11.2 Å². The average Bonchev–Trinajstić information content (AvgIpc) is 2.75. The first-order valence-corrected chi connectivity index (χ1v) is 9.88. The highest BCUT2D eigenvalue weighted by Gasteiger charge is 2.47. The molecule has 0 bridgehead atoms. The third kappa shape index (κ3) is 3.58. The first kappa shape index (κ1) is 22.4. The maximum atomic E-state index is 10.6. The maximum Gasteiger partial charge on any atom is 0.157 e. The first-order chi connectivity index (χ1) is 15.1. The third-order valence-corrected chi connectivity index (χ3v) is 5.89. The Morgan fingerprint density at radius 2 is 1.50 bits per heavy atom. The monoisotopic (exact) mass is 452 g/mol. The molecule has 7 atom stereocenters. The van der Waals surface area contributed by atoms with Crippen LogP contribution in [-0.4, -0.2) is 83.1 Å². The van der Waals surface area contributed by atoms with Crippen LogP contribution in [0.2, 0.25) is 0 Å². The van der Waals surface area contributed by atoms with Crippen molar-refractivity contribution in [2.45, 2.75) is 49.1 Å². The van der Waals surface area contributed by atoms with E-state index >= 15 is 0 Å². The van der Waals surface area contributed by atoms with Crippen LogP contribution in [0.3, 0.4) is 0 Å². The molecule has 9 N–H and O–H groups in total. The fraction of sp³-hybridized carbons (Fsp3) is 0.429. The van der Waals surface area contributed by atoms with Crippen LogP contribution in [0.4, 0.5) is 0 Å². The molecule has 174 valence electrons. The van der Waals surface area contributed by atoms with E-state index in [1.165, 1.54) is 18.2 Å². The second-order valence-electron chi connectivity index (χ2n) is 7.94. The van der Waals surface area contributed by atoms with Crippen LogP contribution in [0.15, 0.2) is 24.3 Å². The van der Waals surface area contributed by atoms with E-state index in [0.717, 1.165) is 6.07 Å². The number of rotatable bonds is 3. The van der Waals surface area contributed by atoms with Gasteiger partial charge in [-0.2, -0.15) is 0 Å². The molecule has 1 fully saturated rings. The normalized spacial score (nSPS) is 32.2. The molecule has 0 aliphatic carbocycles. The second-order valence-corrected chi connectivity index (χ2v) is 7.94. The highest BCUT2D eigenvalue weighted by Crippen LogP contribution is 2.50. The lowest BCUT2D eigenvalue weighted by Crippen LogP contribution is -2.55. The highest BCUT2D eigenvalue weighted by atomic mass is 16.5.